The van der Waals surface area contributed by atoms with E-state index in [0.717, 1.165) is 6.42 Å². The number of ether oxygens (including phenoxy) is 2. The van der Waals surface area contributed by atoms with E-state index in [1.807, 2.05) is 4.90 Å². The molecule has 1 amide bonds. The van der Waals surface area contributed by atoms with Crippen LogP contribution in [-0.2, 0) is 14.3 Å². The average Bonchev–Trinajstić information content (AvgIpc) is 2.66. The molecular formula is C13H26N2O3. The second kappa shape index (κ2) is 7.07. The highest BCUT2D eigenvalue weighted by molar-refractivity contribution is 5.84. The zero-order valence-electron chi connectivity index (χ0n) is 12.1. The van der Waals surface area contributed by atoms with E-state index in [2.05, 4.69) is 26.1 Å². The van der Waals surface area contributed by atoms with E-state index in [9.17, 15) is 4.79 Å². The Hall–Kier alpha value is -0.650. The number of nitrogens with zero attached hydrogens (tertiary/aromatic N) is 1. The van der Waals surface area contributed by atoms with Crippen LogP contribution in [0.15, 0.2) is 0 Å². The Bertz CT molecular complexity index is 271. The van der Waals surface area contributed by atoms with Crippen LogP contribution in [0.1, 0.15) is 27.2 Å². The Morgan fingerprint density at radius 2 is 2.06 bits per heavy atom. The smallest absolute Gasteiger partial charge is 0.241 e. The summed E-state index contributed by atoms with van der Waals surface area (Å²) < 4.78 is 10.4. The lowest BCUT2D eigenvalue weighted by Crippen LogP contribution is -2.43. The highest BCUT2D eigenvalue weighted by atomic mass is 16.5. The average molecular weight is 258 g/mol. The summed E-state index contributed by atoms with van der Waals surface area (Å²) in [5.41, 5.74) is 0. The number of hydrogen-bond donors (Lipinski definition) is 1. The number of nitrogens with one attached hydrogen (secondary N) is 1. The van der Waals surface area contributed by atoms with Gasteiger partial charge in [0.2, 0.25) is 5.91 Å². The van der Waals surface area contributed by atoms with Crippen LogP contribution in [0.25, 0.3) is 0 Å². The molecule has 1 rings (SSSR count). The van der Waals surface area contributed by atoms with Crippen molar-refractivity contribution >= 4 is 5.91 Å². The Labute approximate surface area is 110 Å². The van der Waals surface area contributed by atoms with E-state index in [1.165, 1.54) is 0 Å². The predicted octanol–water partition coefficient (Wildman–Crippen LogP) is 0.840. The Kier molecular flexibility index (Phi) is 6.05. The first-order chi connectivity index (χ1) is 8.54. The summed E-state index contributed by atoms with van der Waals surface area (Å²) in [4.78, 5) is 14.2. The van der Waals surface area contributed by atoms with E-state index in [-0.39, 0.29) is 24.2 Å². The van der Waals surface area contributed by atoms with Crippen LogP contribution < -0.4 is 5.32 Å². The fraction of sp³-hybridized carbons (Fsp3) is 0.923. The molecule has 0 aliphatic carbocycles. The second-order valence-electron chi connectivity index (χ2n) is 5.12. The third-order valence-corrected chi connectivity index (χ3v) is 3.44. The third kappa shape index (κ3) is 3.43. The molecule has 1 heterocycles. The summed E-state index contributed by atoms with van der Waals surface area (Å²) >= 11 is 0. The van der Waals surface area contributed by atoms with Gasteiger partial charge in [0.1, 0.15) is 0 Å². The molecular weight excluding hydrogens is 232 g/mol. The maximum absolute atomic E-state index is 12.3. The predicted molar refractivity (Wildman–Crippen MR) is 70.2 cm³/mol. The summed E-state index contributed by atoms with van der Waals surface area (Å²) in [6.45, 7) is 7.29. The molecule has 0 spiro atoms. The van der Waals surface area contributed by atoms with Gasteiger partial charge in [0.15, 0.2) is 0 Å². The van der Waals surface area contributed by atoms with Gasteiger partial charge in [-0.2, -0.15) is 0 Å². The van der Waals surface area contributed by atoms with Crippen molar-refractivity contribution in [3.8, 4) is 0 Å². The fourth-order valence-corrected chi connectivity index (χ4v) is 2.33. The molecule has 1 fully saturated rings. The molecule has 0 aromatic rings. The summed E-state index contributed by atoms with van der Waals surface area (Å²) in [6, 6.07) is -0.0741. The topological polar surface area (TPSA) is 50.8 Å². The van der Waals surface area contributed by atoms with Gasteiger partial charge in [-0.25, -0.2) is 0 Å². The summed E-state index contributed by atoms with van der Waals surface area (Å²) in [5, 5.41) is 3.39. The monoisotopic (exact) mass is 258 g/mol. The quantitative estimate of drug-likeness (QED) is 0.735. The molecule has 3 unspecified atom stereocenters. The first-order valence-electron chi connectivity index (χ1n) is 6.63. The zero-order chi connectivity index (χ0) is 13.7. The highest BCUT2D eigenvalue weighted by Gasteiger charge is 2.40. The molecule has 5 heteroatoms. The molecule has 1 aliphatic rings. The highest BCUT2D eigenvalue weighted by Crippen LogP contribution is 2.19. The maximum Gasteiger partial charge on any atom is 0.241 e. The van der Waals surface area contributed by atoms with Crippen LogP contribution in [0.4, 0.5) is 0 Å². The van der Waals surface area contributed by atoms with Crippen LogP contribution in [-0.4, -0.2) is 56.5 Å². The van der Waals surface area contributed by atoms with Gasteiger partial charge >= 0.3 is 0 Å². The first-order valence-corrected chi connectivity index (χ1v) is 6.63. The molecule has 0 aromatic heterocycles. The summed E-state index contributed by atoms with van der Waals surface area (Å²) in [5.74, 6) is 0.481. The Morgan fingerprint density at radius 1 is 1.39 bits per heavy atom. The normalized spacial score (nSPS) is 26.1. The van der Waals surface area contributed by atoms with E-state index < -0.39 is 0 Å². The van der Waals surface area contributed by atoms with Gasteiger partial charge in [0.05, 0.1) is 31.5 Å². The van der Waals surface area contributed by atoms with E-state index in [4.69, 9.17) is 9.47 Å². The first kappa shape index (κ1) is 15.4. The van der Waals surface area contributed by atoms with Gasteiger partial charge < -0.3 is 14.4 Å². The van der Waals surface area contributed by atoms with E-state index in [1.54, 1.807) is 14.2 Å². The lowest BCUT2D eigenvalue weighted by atomic mass is 10.1. The minimum atomic E-state index is -0.0741. The molecule has 1 N–H and O–H groups in total. The SMILES string of the molecule is CCC1NC(C(C)C)C(=O)N1CC(COC)OC. The number of methoxy groups -OCH3 is 2. The van der Waals surface area contributed by atoms with Crippen LogP contribution >= 0.6 is 0 Å². The van der Waals surface area contributed by atoms with Gasteiger partial charge in [0.25, 0.3) is 0 Å². The summed E-state index contributed by atoms with van der Waals surface area (Å²) in [7, 11) is 3.29. The molecule has 0 radical (unpaired) electrons. The van der Waals surface area contributed by atoms with E-state index >= 15 is 0 Å². The number of carbonyl (C=O) groups excluding carboxylic acids is 1. The molecule has 0 aromatic carbocycles. The van der Waals surface area contributed by atoms with Crippen molar-refractivity contribution in [3.63, 3.8) is 0 Å². The van der Waals surface area contributed by atoms with Crippen LogP contribution in [0.2, 0.25) is 0 Å². The van der Waals surface area contributed by atoms with Gasteiger partial charge in [-0.05, 0) is 12.3 Å². The summed E-state index contributed by atoms with van der Waals surface area (Å²) in [6.07, 6.45) is 0.943. The Balaban J connectivity index is 2.69. The zero-order valence-corrected chi connectivity index (χ0v) is 12.1. The minimum Gasteiger partial charge on any atom is -0.382 e. The number of hydrogen-bond acceptors (Lipinski definition) is 4. The third-order valence-electron chi connectivity index (χ3n) is 3.44. The molecule has 1 saturated heterocycles. The Morgan fingerprint density at radius 3 is 2.50 bits per heavy atom. The largest absolute Gasteiger partial charge is 0.382 e. The minimum absolute atomic E-state index is 0.0688. The van der Waals surface area contributed by atoms with Crippen LogP contribution in [0.3, 0.4) is 0 Å². The van der Waals surface area contributed by atoms with Crippen molar-refractivity contribution in [2.45, 2.75) is 45.5 Å². The van der Waals surface area contributed by atoms with E-state index in [0.29, 0.717) is 19.1 Å². The van der Waals surface area contributed by atoms with Crippen molar-refractivity contribution in [1.82, 2.24) is 10.2 Å². The lowest BCUT2D eigenvalue weighted by Gasteiger charge is -2.27. The molecule has 106 valence electrons. The van der Waals surface area contributed by atoms with Gasteiger partial charge in [-0.15, -0.1) is 0 Å². The van der Waals surface area contributed by atoms with Crippen LogP contribution in [0, 0.1) is 5.92 Å². The molecule has 18 heavy (non-hydrogen) atoms. The number of rotatable bonds is 7. The lowest BCUT2D eigenvalue weighted by molar-refractivity contribution is -0.133. The molecule has 5 nitrogen and oxygen atoms in total. The molecule has 3 atom stereocenters. The van der Waals surface area contributed by atoms with Gasteiger partial charge in [-0.1, -0.05) is 20.8 Å². The standard InChI is InChI=1S/C13H26N2O3/c1-6-11-14-12(9(2)3)13(16)15(11)7-10(18-5)8-17-4/h9-12,14H,6-8H2,1-5H3. The van der Waals surface area contributed by atoms with Crippen molar-refractivity contribution in [2.24, 2.45) is 5.92 Å². The molecule has 0 saturated carbocycles. The maximum atomic E-state index is 12.3. The fourth-order valence-electron chi connectivity index (χ4n) is 2.33. The van der Waals surface area contributed by atoms with Crippen molar-refractivity contribution in [2.75, 3.05) is 27.4 Å². The molecule has 0 bridgehead atoms. The van der Waals surface area contributed by atoms with Crippen molar-refractivity contribution in [1.29, 1.82) is 0 Å². The van der Waals surface area contributed by atoms with Crippen molar-refractivity contribution in [3.05, 3.63) is 0 Å². The second-order valence-corrected chi connectivity index (χ2v) is 5.12. The molecule has 1 aliphatic heterocycles. The number of carbonyl (C=O) groups is 1. The van der Waals surface area contributed by atoms with Gasteiger partial charge in [-0.3, -0.25) is 10.1 Å². The van der Waals surface area contributed by atoms with Crippen LogP contribution in [0.5, 0.6) is 0 Å². The van der Waals surface area contributed by atoms with Gasteiger partial charge in [0, 0.05) is 14.2 Å². The number of amides is 1. The van der Waals surface area contributed by atoms with Crippen molar-refractivity contribution < 1.29 is 14.3 Å².